The molecule has 11 heteroatoms. The maximum atomic E-state index is 14.0. The van der Waals surface area contributed by atoms with E-state index in [4.69, 9.17) is 0 Å². The number of aryl methyl sites for hydroxylation is 2. The lowest BCUT2D eigenvalue weighted by atomic mass is 9.77. The van der Waals surface area contributed by atoms with E-state index in [9.17, 15) is 18.0 Å². The molecule has 5 rings (SSSR count). The fourth-order valence-corrected chi connectivity index (χ4v) is 9.21. The summed E-state index contributed by atoms with van der Waals surface area (Å²) in [6.45, 7) is 9.33. The minimum atomic E-state index is -3.21. The Bertz CT molecular complexity index is 1190. The summed E-state index contributed by atoms with van der Waals surface area (Å²) in [5.41, 5.74) is 2.42. The van der Waals surface area contributed by atoms with Gasteiger partial charge in [0.25, 0.3) is 0 Å². The van der Waals surface area contributed by atoms with E-state index in [1.165, 1.54) is 31.1 Å². The van der Waals surface area contributed by atoms with Crippen LogP contribution in [0.25, 0.3) is 0 Å². The molecule has 3 saturated heterocycles. The predicted octanol–water partition coefficient (Wildman–Crippen LogP) is 3.67. The summed E-state index contributed by atoms with van der Waals surface area (Å²) in [6, 6.07) is -0.307. The molecule has 4 aliphatic rings. The molecular weight excluding hydrogens is 552 g/mol. The van der Waals surface area contributed by atoms with Gasteiger partial charge in [-0.2, -0.15) is 5.10 Å². The van der Waals surface area contributed by atoms with Crippen LogP contribution in [0.5, 0.6) is 0 Å². The van der Waals surface area contributed by atoms with E-state index in [1.54, 1.807) is 4.31 Å². The Labute approximate surface area is 252 Å². The van der Waals surface area contributed by atoms with Gasteiger partial charge in [0, 0.05) is 50.0 Å². The first-order valence-corrected chi connectivity index (χ1v) is 18.2. The number of amides is 2. The number of nitrogens with one attached hydrogen (secondary N) is 2. The van der Waals surface area contributed by atoms with Gasteiger partial charge in [0.2, 0.25) is 21.8 Å². The number of nitrogens with zero attached hydrogens (tertiary/aromatic N) is 4. The maximum absolute atomic E-state index is 14.0. The van der Waals surface area contributed by atoms with Gasteiger partial charge in [-0.15, -0.1) is 0 Å². The molecule has 10 nitrogen and oxygen atoms in total. The number of aromatic nitrogens is 2. The van der Waals surface area contributed by atoms with Crippen molar-refractivity contribution in [2.75, 3.05) is 39.0 Å². The summed E-state index contributed by atoms with van der Waals surface area (Å²) in [5, 5.41) is 10.9. The van der Waals surface area contributed by atoms with Gasteiger partial charge in [0.05, 0.1) is 11.9 Å². The summed E-state index contributed by atoms with van der Waals surface area (Å²) in [4.78, 5) is 32.5. The molecule has 3 aliphatic heterocycles. The summed E-state index contributed by atoms with van der Waals surface area (Å²) >= 11 is 0. The smallest absolute Gasteiger partial charge is 0.246 e. The van der Waals surface area contributed by atoms with Crippen LogP contribution in [-0.4, -0.2) is 95.1 Å². The van der Waals surface area contributed by atoms with Gasteiger partial charge in [0.1, 0.15) is 11.6 Å². The molecule has 236 valence electrons. The molecule has 2 atom stereocenters. The third kappa shape index (κ3) is 6.29. The minimum absolute atomic E-state index is 0.0346. The van der Waals surface area contributed by atoms with E-state index in [-0.39, 0.29) is 23.8 Å². The van der Waals surface area contributed by atoms with Crippen molar-refractivity contribution in [3.05, 3.63) is 17.0 Å². The highest BCUT2D eigenvalue weighted by atomic mass is 32.2. The highest BCUT2D eigenvalue weighted by Gasteiger charge is 2.54. The molecule has 2 amide bonds. The number of piperidine rings is 2. The first kappa shape index (κ1) is 31.4. The Morgan fingerprint density at radius 1 is 1.00 bits per heavy atom. The van der Waals surface area contributed by atoms with Crippen molar-refractivity contribution in [3.8, 4) is 0 Å². The van der Waals surface area contributed by atoms with Crippen LogP contribution >= 0.6 is 0 Å². The van der Waals surface area contributed by atoms with Crippen molar-refractivity contribution < 1.29 is 18.0 Å². The maximum Gasteiger partial charge on any atom is 0.246 e. The first-order valence-electron chi connectivity index (χ1n) is 16.4. The van der Waals surface area contributed by atoms with E-state index >= 15 is 0 Å². The second kappa shape index (κ2) is 12.9. The van der Waals surface area contributed by atoms with Crippen LogP contribution in [0, 0.1) is 25.7 Å². The number of carbonyl (C=O) groups excluding carboxylic acids is 2. The van der Waals surface area contributed by atoms with Crippen molar-refractivity contribution in [1.29, 1.82) is 0 Å². The van der Waals surface area contributed by atoms with Crippen molar-refractivity contribution in [2.24, 2.45) is 11.8 Å². The van der Waals surface area contributed by atoms with Crippen LogP contribution < -0.4 is 5.32 Å². The zero-order chi connectivity index (χ0) is 30.1. The normalized spacial score (nSPS) is 26.1. The molecule has 4 heterocycles. The molecule has 0 bridgehead atoms. The number of hydrogen-bond acceptors (Lipinski definition) is 6. The topological polar surface area (TPSA) is 119 Å². The Morgan fingerprint density at radius 2 is 1.67 bits per heavy atom. The lowest BCUT2D eigenvalue weighted by Crippen LogP contribution is -2.73. The lowest BCUT2D eigenvalue weighted by Gasteiger charge is -2.53. The zero-order valence-electron chi connectivity index (χ0n) is 26.2. The molecule has 1 unspecified atom stereocenters. The molecule has 1 spiro atoms. The molecule has 4 fully saturated rings. The predicted molar refractivity (Wildman–Crippen MR) is 163 cm³/mol. The average Bonchev–Trinajstić information content (AvgIpc) is 3.30. The number of likely N-dealkylation sites (tertiary alicyclic amines) is 1. The molecule has 1 aliphatic carbocycles. The Morgan fingerprint density at radius 3 is 2.24 bits per heavy atom. The fraction of sp³-hybridized carbons (Fsp3) is 0.839. The second-order valence-corrected chi connectivity index (χ2v) is 15.5. The zero-order valence-corrected chi connectivity index (χ0v) is 27.0. The van der Waals surface area contributed by atoms with Gasteiger partial charge in [0.15, 0.2) is 0 Å². The number of unbranched alkanes of at least 4 members (excludes halogenated alkanes) is 1. The minimum Gasteiger partial charge on any atom is -0.342 e. The fourth-order valence-electron chi connectivity index (χ4n) is 8.34. The molecule has 42 heavy (non-hydrogen) atoms. The highest BCUT2D eigenvalue weighted by Crippen LogP contribution is 2.43. The van der Waals surface area contributed by atoms with Crippen LogP contribution in [0.2, 0.25) is 0 Å². The largest absolute Gasteiger partial charge is 0.342 e. The lowest BCUT2D eigenvalue weighted by molar-refractivity contribution is -0.162. The van der Waals surface area contributed by atoms with E-state index < -0.39 is 21.6 Å². The summed E-state index contributed by atoms with van der Waals surface area (Å²) < 4.78 is 26.0. The molecule has 1 aromatic rings. The molecular formula is C31H52N6O4S. The van der Waals surface area contributed by atoms with Crippen molar-refractivity contribution in [3.63, 3.8) is 0 Å². The van der Waals surface area contributed by atoms with Gasteiger partial charge in [-0.3, -0.25) is 19.6 Å². The summed E-state index contributed by atoms with van der Waals surface area (Å²) in [5.74, 6) is 0.957. The molecule has 1 aromatic heterocycles. The van der Waals surface area contributed by atoms with E-state index in [2.05, 4.69) is 34.3 Å². The number of carbonyl (C=O) groups is 2. The average molecular weight is 605 g/mol. The number of sulfonamides is 1. The molecule has 0 radical (unpaired) electrons. The van der Waals surface area contributed by atoms with E-state index in [1.807, 2.05) is 11.8 Å². The quantitative estimate of drug-likeness (QED) is 0.444. The SMILES string of the molecule is CCCCN1C(=O)[C@H](CC2CCCCC2)NC(=O)C12CCN(C(c1c(C)n[nH]c1C)C1CCN(S(C)(=O)=O)CC1)CC2. The number of H-pyrrole nitrogens is 1. The van der Waals surface area contributed by atoms with Gasteiger partial charge < -0.3 is 10.2 Å². The molecule has 1 saturated carbocycles. The van der Waals surface area contributed by atoms with Crippen LogP contribution in [0.3, 0.4) is 0 Å². The third-order valence-electron chi connectivity index (χ3n) is 10.8. The van der Waals surface area contributed by atoms with Crippen molar-refractivity contribution in [1.82, 2.24) is 29.6 Å². The van der Waals surface area contributed by atoms with Gasteiger partial charge in [-0.05, 0) is 64.2 Å². The Hall–Kier alpha value is -1.98. The second-order valence-electron chi connectivity index (χ2n) is 13.5. The van der Waals surface area contributed by atoms with Crippen LogP contribution in [0.4, 0.5) is 0 Å². The van der Waals surface area contributed by atoms with Crippen LogP contribution in [-0.2, 0) is 19.6 Å². The number of rotatable bonds is 9. The summed E-state index contributed by atoms with van der Waals surface area (Å²) in [7, 11) is -3.21. The molecule has 0 aromatic carbocycles. The van der Waals surface area contributed by atoms with Gasteiger partial charge in [-0.1, -0.05) is 45.4 Å². The van der Waals surface area contributed by atoms with Gasteiger partial charge in [-0.25, -0.2) is 12.7 Å². The number of hydrogen-bond donors (Lipinski definition) is 2. The van der Waals surface area contributed by atoms with E-state index in [0.29, 0.717) is 51.5 Å². The standard InChI is InChI=1S/C31H52N6O4S/c1-5-6-16-37-29(38)26(21-24-10-8-7-9-11-24)32-30(39)31(37)14-19-35(20-15-31)28(27-22(2)33-34-23(27)3)25-12-17-36(18-13-25)42(4,40)41/h24-26,28H,5-21H2,1-4H3,(H,32,39)(H,33,34)/t26-,28?/m0/s1. The highest BCUT2D eigenvalue weighted by molar-refractivity contribution is 7.88. The number of aromatic amines is 1. The van der Waals surface area contributed by atoms with E-state index in [0.717, 1.165) is 56.3 Å². The van der Waals surface area contributed by atoms with Gasteiger partial charge >= 0.3 is 0 Å². The van der Waals surface area contributed by atoms with Crippen LogP contribution in [0.1, 0.15) is 107 Å². The first-order chi connectivity index (χ1) is 20.0. The Kier molecular flexibility index (Phi) is 9.69. The Balaban J connectivity index is 1.35. The van der Waals surface area contributed by atoms with Crippen molar-refractivity contribution in [2.45, 2.75) is 115 Å². The third-order valence-corrected chi connectivity index (χ3v) is 12.1. The van der Waals surface area contributed by atoms with Crippen LogP contribution in [0.15, 0.2) is 0 Å². The van der Waals surface area contributed by atoms with Crippen molar-refractivity contribution >= 4 is 21.8 Å². The molecule has 2 N–H and O–H groups in total. The monoisotopic (exact) mass is 604 g/mol. The summed E-state index contributed by atoms with van der Waals surface area (Å²) in [6.07, 6.45) is 12.8. The number of piperazine rings is 1.